The summed E-state index contributed by atoms with van der Waals surface area (Å²) in [4.78, 5) is 18.2. The number of nitrogens with zero attached hydrogens (tertiary/aromatic N) is 3. The van der Waals surface area contributed by atoms with Crippen molar-refractivity contribution in [1.82, 2.24) is 20.1 Å². The molecule has 1 atom stereocenters. The summed E-state index contributed by atoms with van der Waals surface area (Å²) in [6.07, 6.45) is 3.37. The zero-order chi connectivity index (χ0) is 14.7. The van der Waals surface area contributed by atoms with Crippen LogP contribution in [0.1, 0.15) is 24.6 Å². The fraction of sp³-hybridized carbons (Fsp3) is 0.312. The molecule has 0 radical (unpaired) electrons. The van der Waals surface area contributed by atoms with E-state index in [0.29, 0.717) is 12.4 Å². The van der Waals surface area contributed by atoms with Crippen LogP contribution in [0.3, 0.4) is 0 Å². The fourth-order valence-electron chi connectivity index (χ4n) is 2.70. The standard InChI is InChI=1S/C16H18N4O/c1-2-14(21)20-10-6-9-13(11-20)16-17-15(18-19-16)12-7-4-3-5-8-12/h2-5,7-8,13H,1,6,9-11H2,(H,17,18,19)/t13-/m1/s1. The topological polar surface area (TPSA) is 61.9 Å². The van der Waals surface area contributed by atoms with Crippen LogP contribution in [0.15, 0.2) is 43.0 Å². The molecule has 2 aromatic rings. The molecule has 5 nitrogen and oxygen atoms in total. The summed E-state index contributed by atoms with van der Waals surface area (Å²) in [5, 5.41) is 7.32. The quantitative estimate of drug-likeness (QED) is 0.879. The summed E-state index contributed by atoms with van der Waals surface area (Å²) in [6.45, 7) is 5.02. The minimum atomic E-state index is -0.0116. The van der Waals surface area contributed by atoms with Crippen LogP contribution in [-0.4, -0.2) is 39.1 Å². The molecule has 1 N–H and O–H groups in total. The zero-order valence-corrected chi connectivity index (χ0v) is 11.8. The lowest BCUT2D eigenvalue weighted by molar-refractivity contribution is -0.127. The first kappa shape index (κ1) is 13.5. The van der Waals surface area contributed by atoms with Crippen LogP contribution in [-0.2, 0) is 4.79 Å². The molecule has 21 heavy (non-hydrogen) atoms. The minimum Gasteiger partial charge on any atom is -0.338 e. The van der Waals surface area contributed by atoms with E-state index in [1.54, 1.807) is 0 Å². The Hall–Kier alpha value is -2.43. The van der Waals surface area contributed by atoms with E-state index in [0.717, 1.165) is 30.8 Å². The van der Waals surface area contributed by atoms with Crippen LogP contribution < -0.4 is 0 Å². The van der Waals surface area contributed by atoms with Gasteiger partial charge in [0.15, 0.2) is 5.82 Å². The van der Waals surface area contributed by atoms with Gasteiger partial charge in [0.25, 0.3) is 0 Å². The summed E-state index contributed by atoms with van der Waals surface area (Å²) in [6, 6.07) is 9.88. The number of carbonyl (C=O) groups is 1. The molecular formula is C16H18N4O. The van der Waals surface area contributed by atoms with Gasteiger partial charge in [-0.1, -0.05) is 36.9 Å². The molecule has 0 saturated carbocycles. The minimum absolute atomic E-state index is 0.0116. The maximum atomic E-state index is 11.7. The van der Waals surface area contributed by atoms with Crippen LogP contribution in [0.4, 0.5) is 0 Å². The van der Waals surface area contributed by atoms with Crippen LogP contribution in [0, 0.1) is 0 Å². The zero-order valence-electron chi connectivity index (χ0n) is 11.8. The molecule has 108 valence electrons. The number of aromatic amines is 1. The smallest absolute Gasteiger partial charge is 0.245 e. The van der Waals surface area contributed by atoms with Crippen molar-refractivity contribution in [2.24, 2.45) is 0 Å². The van der Waals surface area contributed by atoms with Crippen LogP contribution in [0.5, 0.6) is 0 Å². The molecule has 1 aromatic heterocycles. The summed E-state index contributed by atoms with van der Waals surface area (Å²) in [7, 11) is 0. The van der Waals surface area contributed by atoms with E-state index in [4.69, 9.17) is 0 Å². The van der Waals surface area contributed by atoms with Crippen LogP contribution in [0.2, 0.25) is 0 Å². The molecule has 1 aliphatic rings. The SMILES string of the molecule is C=CC(=O)N1CCC[C@@H](c2nc(-c3ccccc3)n[nH]2)C1. The lowest BCUT2D eigenvalue weighted by atomic mass is 9.97. The predicted octanol–water partition coefficient (Wildman–Crippen LogP) is 2.36. The molecule has 1 aromatic carbocycles. The van der Waals surface area contributed by atoms with Gasteiger partial charge >= 0.3 is 0 Å². The first-order chi connectivity index (χ1) is 10.3. The highest BCUT2D eigenvalue weighted by Gasteiger charge is 2.25. The fourth-order valence-corrected chi connectivity index (χ4v) is 2.70. The number of hydrogen-bond donors (Lipinski definition) is 1. The Morgan fingerprint density at radius 3 is 2.95 bits per heavy atom. The van der Waals surface area contributed by atoms with Gasteiger partial charge in [0, 0.05) is 24.6 Å². The van der Waals surface area contributed by atoms with E-state index >= 15 is 0 Å². The van der Waals surface area contributed by atoms with Crippen LogP contribution in [0.25, 0.3) is 11.4 Å². The number of benzene rings is 1. The molecule has 0 spiro atoms. The summed E-state index contributed by atoms with van der Waals surface area (Å²) in [5.41, 5.74) is 0.995. The van der Waals surface area contributed by atoms with Crippen molar-refractivity contribution in [3.05, 3.63) is 48.8 Å². The number of H-pyrrole nitrogens is 1. The number of rotatable bonds is 3. The number of carbonyl (C=O) groups excluding carboxylic acids is 1. The average molecular weight is 282 g/mol. The second-order valence-electron chi connectivity index (χ2n) is 5.24. The van der Waals surface area contributed by atoms with Gasteiger partial charge in [0.1, 0.15) is 5.82 Å². The third kappa shape index (κ3) is 2.86. The van der Waals surface area contributed by atoms with Gasteiger partial charge in [-0.3, -0.25) is 9.89 Å². The van der Waals surface area contributed by atoms with Gasteiger partial charge in [0.05, 0.1) is 0 Å². The van der Waals surface area contributed by atoms with Gasteiger partial charge in [-0.2, -0.15) is 5.10 Å². The number of hydrogen-bond acceptors (Lipinski definition) is 3. The third-order valence-electron chi connectivity index (χ3n) is 3.83. The monoisotopic (exact) mass is 282 g/mol. The van der Waals surface area contributed by atoms with Crippen molar-refractivity contribution >= 4 is 5.91 Å². The lowest BCUT2D eigenvalue weighted by Crippen LogP contribution is -2.38. The van der Waals surface area contributed by atoms with E-state index < -0.39 is 0 Å². The van der Waals surface area contributed by atoms with Crippen molar-refractivity contribution in [2.45, 2.75) is 18.8 Å². The van der Waals surface area contributed by atoms with E-state index in [2.05, 4.69) is 21.8 Å². The highest BCUT2D eigenvalue weighted by atomic mass is 16.2. The molecule has 1 amide bonds. The second-order valence-corrected chi connectivity index (χ2v) is 5.24. The Kier molecular flexibility index (Phi) is 3.81. The summed E-state index contributed by atoms with van der Waals surface area (Å²) < 4.78 is 0. The molecule has 1 saturated heterocycles. The molecule has 1 aliphatic heterocycles. The number of piperidine rings is 1. The second kappa shape index (κ2) is 5.91. The molecule has 2 heterocycles. The molecular weight excluding hydrogens is 264 g/mol. The van der Waals surface area contributed by atoms with Gasteiger partial charge in [-0.05, 0) is 18.9 Å². The van der Waals surface area contributed by atoms with Crippen LogP contribution >= 0.6 is 0 Å². The summed E-state index contributed by atoms with van der Waals surface area (Å²) in [5.74, 6) is 1.77. The lowest BCUT2D eigenvalue weighted by Gasteiger charge is -2.30. The molecule has 0 unspecified atom stereocenters. The van der Waals surface area contributed by atoms with E-state index in [1.165, 1.54) is 6.08 Å². The Morgan fingerprint density at radius 2 is 2.19 bits per heavy atom. The summed E-state index contributed by atoms with van der Waals surface area (Å²) >= 11 is 0. The molecule has 3 rings (SSSR count). The van der Waals surface area contributed by atoms with Gasteiger partial charge < -0.3 is 4.90 Å². The Balaban J connectivity index is 1.77. The maximum Gasteiger partial charge on any atom is 0.245 e. The van der Waals surface area contributed by atoms with Crippen molar-refractivity contribution < 1.29 is 4.79 Å². The van der Waals surface area contributed by atoms with E-state index in [1.807, 2.05) is 35.2 Å². The van der Waals surface area contributed by atoms with Gasteiger partial charge in [-0.15, -0.1) is 0 Å². The first-order valence-electron chi connectivity index (χ1n) is 7.17. The highest BCUT2D eigenvalue weighted by Crippen LogP contribution is 2.26. The third-order valence-corrected chi connectivity index (χ3v) is 3.83. The van der Waals surface area contributed by atoms with Gasteiger partial charge in [0.2, 0.25) is 5.91 Å². The van der Waals surface area contributed by atoms with Crippen molar-refractivity contribution in [3.8, 4) is 11.4 Å². The normalized spacial score (nSPS) is 18.5. The largest absolute Gasteiger partial charge is 0.338 e. The number of nitrogens with one attached hydrogen (secondary N) is 1. The Bertz CT molecular complexity index is 635. The van der Waals surface area contributed by atoms with Gasteiger partial charge in [-0.25, -0.2) is 4.98 Å². The van der Waals surface area contributed by atoms with E-state index in [-0.39, 0.29) is 11.8 Å². The number of amides is 1. The van der Waals surface area contributed by atoms with Crippen molar-refractivity contribution in [2.75, 3.05) is 13.1 Å². The maximum absolute atomic E-state index is 11.7. The number of likely N-dealkylation sites (tertiary alicyclic amines) is 1. The Labute approximate surface area is 123 Å². The number of aromatic nitrogens is 3. The molecule has 0 bridgehead atoms. The van der Waals surface area contributed by atoms with E-state index in [9.17, 15) is 4.79 Å². The highest BCUT2D eigenvalue weighted by molar-refractivity contribution is 5.87. The first-order valence-corrected chi connectivity index (χ1v) is 7.17. The molecule has 5 heteroatoms. The van der Waals surface area contributed by atoms with Crippen molar-refractivity contribution in [1.29, 1.82) is 0 Å². The average Bonchev–Trinajstić information content (AvgIpc) is 3.05. The molecule has 1 fully saturated rings. The molecule has 0 aliphatic carbocycles. The predicted molar refractivity (Wildman–Crippen MR) is 80.6 cm³/mol. The Morgan fingerprint density at radius 1 is 1.38 bits per heavy atom. The van der Waals surface area contributed by atoms with Crippen molar-refractivity contribution in [3.63, 3.8) is 0 Å².